The molecular formula is C4H12NOPS. The predicted octanol–water partition coefficient (Wildman–Crippen LogP) is 1.31. The van der Waals surface area contributed by atoms with Crippen molar-refractivity contribution in [1.82, 2.24) is 0 Å². The van der Waals surface area contributed by atoms with E-state index in [2.05, 4.69) is 0 Å². The summed E-state index contributed by atoms with van der Waals surface area (Å²) in [4.78, 5) is 0. The summed E-state index contributed by atoms with van der Waals surface area (Å²) in [6.07, 6.45) is -1.91. The maximum Gasteiger partial charge on any atom is 0.128 e. The van der Waals surface area contributed by atoms with Crippen molar-refractivity contribution in [1.29, 1.82) is 0 Å². The van der Waals surface area contributed by atoms with Crippen LogP contribution in [0, 0.1) is 0 Å². The fraction of sp³-hybridized carbons (Fsp3) is 1.00. The van der Waals surface area contributed by atoms with Crippen LogP contribution in [0.3, 0.4) is 0 Å². The lowest BCUT2D eigenvalue weighted by molar-refractivity contribution is 0.453. The Kier molecular flexibility index (Phi) is 3.13. The summed E-state index contributed by atoms with van der Waals surface area (Å²) in [5.74, 6) is 0. The van der Waals surface area contributed by atoms with Gasteiger partial charge >= 0.3 is 0 Å². The highest BCUT2D eigenvalue weighted by atomic mass is 32.4. The molecule has 0 aromatic carbocycles. The standard InChI is InChI=1S/C4H12NOPS/c1-4(2)7(5,8)6-3/h4H,1-3H3,(H2,5,8). The van der Waals surface area contributed by atoms with Gasteiger partial charge in [-0.2, -0.15) is 0 Å². The number of nitrogens with two attached hydrogens (primary N) is 1. The monoisotopic (exact) mass is 153 g/mol. The third-order valence-electron chi connectivity index (χ3n) is 1.01. The second-order valence-corrected chi connectivity index (χ2v) is 6.32. The Labute approximate surface area is 55.6 Å². The van der Waals surface area contributed by atoms with Crippen molar-refractivity contribution < 1.29 is 4.52 Å². The molecule has 4 heteroatoms. The zero-order valence-electron chi connectivity index (χ0n) is 5.42. The van der Waals surface area contributed by atoms with Crippen molar-refractivity contribution in [3.8, 4) is 0 Å². The summed E-state index contributed by atoms with van der Waals surface area (Å²) in [6.45, 7) is 3.95. The predicted molar refractivity (Wildman–Crippen MR) is 40.6 cm³/mol. The average Bonchev–Trinajstić information content (AvgIpc) is 1.67. The average molecular weight is 153 g/mol. The smallest absolute Gasteiger partial charge is 0.128 e. The molecule has 0 fully saturated rings. The molecule has 0 rings (SSSR count). The van der Waals surface area contributed by atoms with Crippen molar-refractivity contribution in [2.24, 2.45) is 5.50 Å². The Morgan fingerprint density at radius 1 is 1.62 bits per heavy atom. The zero-order valence-corrected chi connectivity index (χ0v) is 7.13. The fourth-order valence-corrected chi connectivity index (χ4v) is 0.632. The number of hydrogen-bond donors (Lipinski definition) is 1. The first-order chi connectivity index (χ1) is 3.50. The second kappa shape index (κ2) is 2.92. The highest BCUT2D eigenvalue weighted by Crippen LogP contribution is 2.42. The Balaban J connectivity index is 3.93. The molecule has 0 aromatic heterocycles. The Bertz CT molecular complexity index is 115. The maximum absolute atomic E-state index is 5.56. The van der Waals surface area contributed by atoms with Gasteiger partial charge in [0.05, 0.1) is 0 Å². The van der Waals surface area contributed by atoms with Crippen LogP contribution in [0.25, 0.3) is 0 Å². The molecule has 0 radical (unpaired) electrons. The van der Waals surface area contributed by atoms with E-state index < -0.39 is 6.42 Å². The molecule has 0 bridgehead atoms. The molecule has 0 heterocycles. The molecule has 0 aliphatic carbocycles. The molecule has 0 saturated heterocycles. The lowest BCUT2D eigenvalue weighted by Gasteiger charge is -2.17. The van der Waals surface area contributed by atoms with Crippen molar-refractivity contribution >= 4 is 18.2 Å². The summed E-state index contributed by atoms with van der Waals surface area (Å²) in [7, 11) is 1.57. The molecule has 0 amide bonds. The van der Waals surface area contributed by atoms with Gasteiger partial charge in [0.2, 0.25) is 0 Å². The van der Waals surface area contributed by atoms with Crippen molar-refractivity contribution in [2.75, 3.05) is 7.11 Å². The third-order valence-corrected chi connectivity index (χ3v) is 4.73. The molecule has 50 valence electrons. The van der Waals surface area contributed by atoms with Gasteiger partial charge in [-0.05, 0) is 0 Å². The molecule has 1 atom stereocenters. The van der Waals surface area contributed by atoms with Crippen molar-refractivity contribution in [3.63, 3.8) is 0 Å². The third kappa shape index (κ3) is 2.23. The van der Waals surface area contributed by atoms with Gasteiger partial charge < -0.3 is 4.52 Å². The van der Waals surface area contributed by atoms with E-state index in [0.29, 0.717) is 5.66 Å². The minimum atomic E-state index is -1.91. The topological polar surface area (TPSA) is 35.2 Å². The summed E-state index contributed by atoms with van der Waals surface area (Å²) in [5.41, 5.74) is 5.86. The minimum absolute atomic E-state index is 0.294. The van der Waals surface area contributed by atoms with E-state index in [1.54, 1.807) is 7.11 Å². The molecule has 0 spiro atoms. The Hall–Kier alpha value is 0.570. The van der Waals surface area contributed by atoms with Crippen molar-refractivity contribution in [3.05, 3.63) is 0 Å². The van der Waals surface area contributed by atoms with E-state index in [1.165, 1.54) is 0 Å². The van der Waals surface area contributed by atoms with Crippen LogP contribution < -0.4 is 5.50 Å². The summed E-state index contributed by atoms with van der Waals surface area (Å²) in [6, 6.07) is 0. The largest absolute Gasteiger partial charge is 0.341 e. The zero-order chi connectivity index (χ0) is 6.78. The molecular weight excluding hydrogens is 141 g/mol. The van der Waals surface area contributed by atoms with E-state index in [9.17, 15) is 0 Å². The van der Waals surface area contributed by atoms with Gasteiger partial charge in [-0.15, -0.1) is 0 Å². The number of hydrogen-bond acceptors (Lipinski definition) is 2. The van der Waals surface area contributed by atoms with E-state index in [4.69, 9.17) is 21.8 Å². The normalized spacial score (nSPS) is 18.6. The van der Waals surface area contributed by atoms with Gasteiger partial charge in [0.1, 0.15) is 6.42 Å². The molecule has 0 saturated carbocycles. The molecule has 0 aromatic rings. The van der Waals surface area contributed by atoms with Gasteiger partial charge in [-0.25, -0.2) is 0 Å². The summed E-state index contributed by atoms with van der Waals surface area (Å²) >= 11 is 4.94. The fourth-order valence-electron chi connectivity index (χ4n) is 0.211. The van der Waals surface area contributed by atoms with Crippen LogP contribution in [0.2, 0.25) is 0 Å². The van der Waals surface area contributed by atoms with Crippen molar-refractivity contribution in [2.45, 2.75) is 19.5 Å². The van der Waals surface area contributed by atoms with Gasteiger partial charge in [0.25, 0.3) is 0 Å². The van der Waals surface area contributed by atoms with Crippen LogP contribution in [0.15, 0.2) is 0 Å². The van der Waals surface area contributed by atoms with Gasteiger partial charge in [-0.1, -0.05) is 25.7 Å². The molecule has 2 N–H and O–H groups in total. The van der Waals surface area contributed by atoms with Crippen LogP contribution in [0.1, 0.15) is 13.8 Å². The van der Waals surface area contributed by atoms with E-state index in [1.807, 2.05) is 13.8 Å². The highest BCUT2D eigenvalue weighted by molar-refractivity contribution is 8.11. The van der Waals surface area contributed by atoms with Crippen LogP contribution in [0.4, 0.5) is 0 Å². The first-order valence-corrected chi connectivity index (χ1v) is 5.30. The van der Waals surface area contributed by atoms with Gasteiger partial charge in [-0.3, -0.25) is 5.50 Å². The van der Waals surface area contributed by atoms with E-state index in [0.717, 1.165) is 0 Å². The summed E-state index contributed by atoms with van der Waals surface area (Å²) in [5, 5.41) is 0. The molecule has 1 unspecified atom stereocenters. The SMILES string of the molecule is COP(N)(=S)C(C)C. The molecule has 0 aliphatic heterocycles. The minimum Gasteiger partial charge on any atom is -0.341 e. The van der Waals surface area contributed by atoms with Gasteiger partial charge in [0, 0.05) is 12.8 Å². The van der Waals surface area contributed by atoms with Gasteiger partial charge in [0.15, 0.2) is 0 Å². The lowest BCUT2D eigenvalue weighted by atomic mass is 10.6. The van der Waals surface area contributed by atoms with E-state index >= 15 is 0 Å². The van der Waals surface area contributed by atoms with Crippen LogP contribution >= 0.6 is 6.42 Å². The van der Waals surface area contributed by atoms with Crippen LogP contribution in [-0.4, -0.2) is 12.8 Å². The summed E-state index contributed by atoms with van der Waals surface area (Å²) < 4.78 is 4.90. The van der Waals surface area contributed by atoms with Crippen LogP contribution in [-0.2, 0) is 16.3 Å². The first-order valence-electron chi connectivity index (χ1n) is 2.44. The quantitative estimate of drug-likeness (QED) is 0.607. The molecule has 2 nitrogen and oxygen atoms in total. The number of rotatable bonds is 2. The lowest BCUT2D eigenvalue weighted by Crippen LogP contribution is -2.07. The maximum atomic E-state index is 5.56. The second-order valence-electron chi connectivity index (χ2n) is 1.92. The van der Waals surface area contributed by atoms with E-state index in [-0.39, 0.29) is 0 Å². The van der Waals surface area contributed by atoms with Crippen LogP contribution in [0.5, 0.6) is 0 Å². The Morgan fingerprint density at radius 3 is 2.00 bits per heavy atom. The first kappa shape index (κ1) is 8.57. The molecule has 8 heavy (non-hydrogen) atoms. The Morgan fingerprint density at radius 2 is 2.00 bits per heavy atom. The molecule has 0 aliphatic rings. The highest BCUT2D eigenvalue weighted by Gasteiger charge is 2.13.